The van der Waals surface area contributed by atoms with Crippen molar-refractivity contribution >= 4 is 17.4 Å². The number of nitrogens with zero attached hydrogens (tertiary/aromatic N) is 2. The summed E-state index contributed by atoms with van der Waals surface area (Å²) in [7, 11) is 0. The summed E-state index contributed by atoms with van der Waals surface area (Å²) in [5, 5.41) is 13.9. The lowest BCUT2D eigenvalue weighted by Crippen LogP contribution is -2.18. The molecule has 1 aromatic heterocycles. The van der Waals surface area contributed by atoms with E-state index in [-0.39, 0.29) is 17.1 Å². The largest absolute Gasteiger partial charge is 0.409 e. The Morgan fingerprint density at radius 3 is 2.86 bits per heavy atom. The molecule has 6 nitrogen and oxygen atoms in total. The van der Waals surface area contributed by atoms with Gasteiger partial charge in [0.25, 0.3) is 5.91 Å². The van der Waals surface area contributed by atoms with Crippen molar-refractivity contribution in [2.75, 3.05) is 5.32 Å². The summed E-state index contributed by atoms with van der Waals surface area (Å²) in [6.45, 7) is 1.76. The number of benzene rings is 1. The molecule has 1 amide bonds. The summed E-state index contributed by atoms with van der Waals surface area (Å²) in [5.41, 5.74) is 6.56. The zero-order valence-electron chi connectivity index (χ0n) is 11.2. The summed E-state index contributed by atoms with van der Waals surface area (Å²) in [6.07, 6.45) is 1.51. The van der Waals surface area contributed by atoms with Gasteiger partial charge in [0.2, 0.25) is 0 Å². The van der Waals surface area contributed by atoms with Gasteiger partial charge in [0, 0.05) is 11.9 Å². The third-order valence-corrected chi connectivity index (χ3v) is 2.83. The molecular weight excluding hydrogens is 275 g/mol. The molecule has 0 unspecified atom stereocenters. The molecule has 0 spiro atoms. The average Bonchev–Trinajstić information content (AvgIpc) is 2.48. The molecule has 0 saturated heterocycles. The Morgan fingerprint density at radius 1 is 1.43 bits per heavy atom. The summed E-state index contributed by atoms with van der Waals surface area (Å²) >= 11 is 0. The topological polar surface area (TPSA) is 101 Å². The highest BCUT2D eigenvalue weighted by Crippen LogP contribution is 2.16. The number of pyridine rings is 1. The Hall–Kier alpha value is -2.96. The molecule has 0 bridgehead atoms. The maximum atomic E-state index is 13.5. The summed E-state index contributed by atoms with van der Waals surface area (Å²) in [4.78, 5) is 16.1. The molecule has 0 atom stereocenters. The number of oxime groups is 1. The first-order valence-corrected chi connectivity index (χ1v) is 6.03. The van der Waals surface area contributed by atoms with Crippen molar-refractivity contribution < 1.29 is 14.4 Å². The van der Waals surface area contributed by atoms with E-state index in [2.05, 4.69) is 15.5 Å². The van der Waals surface area contributed by atoms with Gasteiger partial charge in [-0.1, -0.05) is 11.2 Å². The van der Waals surface area contributed by atoms with Gasteiger partial charge in [-0.15, -0.1) is 0 Å². The number of carbonyl (C=O) groups excluding carboxylic acids is 1. The van der Waals surface area contributed by atoms with Gasteiger partial charge in [0.05, 0.1) is 5.56 Å². The van der Waals surface area contributed by atoms with Crippen LogP contribution in [-0.4, -0.2) is 21.9 Å². The minimum Gasteiger partial charge on any atom is -0.409 e. The predicted octanol–water partition coefficient (Wildman–Crippen LogP) is 1.88. The van der Waals surface area contributed by atoms with Crippen molar-refractivity contribution in [1.29, 1.82) is 0 Å². The SMILES string of the molecule is Cc1cccnc1C(=O)Nc1ccc(F)c(C(N)=NO)c1. The summed E-state index contributed by atoms with van der Waals surface area (Å²) < 4.78 is 13.5. The van der Waals surface area contributed by atoms with Gasteiger partial charge >= 0.3 is 0 Å². The van der Waals surface area contributed by atoms with E-state index in [0.29, 0.717) is 11.3 Å². The quantitative estimate of drug-likeness (QED) is 0.347. The highest BCUT2D eigenvalue weighted by atomic mass is 19.1. The van der Waals surface area contributed by atoms with E-state index < -0.39 is 11.7 Å². The van der Waals surface area contributed by atoms with Gasteiger partial charge in [-0.05, 0) is 36.8 Å². The Balaban J connectivity index is 2.28. The summed E-state index contributed by atoms with van der Waals surface area (Å²) in [6, 6.07) is 7.25. The fraction of sp³-hybridized carbons (Fsp3) is 0.0714. The molecule has 4 N–H and O–H groups in total. The van der Waals surface area contributed by atoms with Gasteiger partial charge in [-0.2, -0.15) is 0 Å². The van der Waals surface area contributed by atoms with Gasteiger partial charge in [-0.3, -0.25) is 9.78 Å². The maximum Gasteiger partial charge on any atom is 0.274 e. The second-order valence-electron chi connectivity index (χ2n) is 4.30. The van der Waals surface area contributed by atoms with Crippen molar-refractivity contribution in [2.45, 2.75) is 6.92 Å². The van der Waals surface area contributed by atoms with Crippen LogP contribution in [0.25, 0.3) is 0 Å². The maximum absolute atomic E-state index is 13.5. The third-order valence-electron chi connectivity index (χ3n) is 2.83. The van der Waals surface area contributed by atoms with E-state index in [0.717, 1.165) is 6.07 Å². The molecule has 2 rings (SSSR count). The highest BCUT2D eigenvalue weighted by molar-refractivity contribution is 6.05. The van der Waals surface area contributed by atoms with Crippen molar-refractivity contribution in [2.24, 2.45) is 10.9 Å². The van der Waals surface area contributed by atoms with E-state index in [4.69, 9.17) is 10.9 Å². The lowest BCUT2D eigenvalue weighted by Gasteiger charge is -2.08. The molecule has 108 valence electrons. The number of aromatic nitrogens is 1. The molecule has 0 aliphatic heterocycles. The number of amides is 1. The van der Waals surface area contributed by atoms with E-state index in [1.54, 1.807) is 19.1 Å². The Kier molecular flexibility index (Phi) is 4.13. The molecule has 0 saturated carbocycles. The first-order valence-electron chi connectivity index (χ1n) is 6.03. The monoisotopic (exact) mass is 288 g/mol. The smallest absolute Gasteiger partial charge is 0.274 e. The van der Waals surface area contributed by atoms with Crippen LogP contribution in [0.15, 0.2) is 41.7 Å². The van der Waals surface area contributed by atoms with Crippen molar-refractivity contribution in [1.82, 2.24) is 4.98 Å². The van der Waals surface area contributed by atoms with Gasteiger partial charge < -0.3 is 16.3 Å². The third kappa shape index (κ3) is 3.14. The van der Waals surface area contributed by atoms with Crippen LogP contribution in [0.2, 0.25) is 0 Å². The Bertz CT molecular complexity index is 716. The number of halogens is 1. The number of hydrogen-bond donors (Lipinski definition) is 3. The highest BCUT2D eigenvalue weighted by Gasteiger charge is 2.13. The minimum atomic E-state index is -0.655. The van der Waals surface area contributed by atoms with Crippen LogP contribution in [0.5, 0.6) is 0 Å². The zero-order valence-corrected chi connectivity index (χ0v) is 11.2. The van der Waals surface area contributed by atoms with E-state index >= 15 is 0 Å². The lowest BCUT2D eigenvalue weighted by atomic mass is 10.1. The van der Waals surface area contributed by atoms with Crippen molar-refractivity contribution in [3.05, 3.63) is 59.2 Å². The van der Waals surface area contributed by atoms with Crippen LogP contribution < -0.4 is 11.1 Å². The average molecular weight is 288 g/mol. The number of anilines is 1. The van der Waals surface area contributed by atoms with Crippen LogP contribution in [0, 0.1) is 12.7 Å². The number of rotatable bonds is 3. The molecule has 0 radical (unpaired) electrons. The number of carbonyl (C=O) groups is 1. The molecule has 1 aromatic carbocycles. The molecule has 21 heavy (non-hydrogen) atoms. The Labute approximate surface area is 120 Å². The first kappa shape index (κ1) is 14.4. The van der Waals surface area contributed by atoms with E-state index in [1.165, 1.54) is 18.3 Å². The second kappa shape index (κ2) is 6.00. The number of nitrogens with two attached hydrogens (primary N) is 1. The predicted molar refractivity (Wildman–Crippen MR) is 75.8 cm³/mol. The van der Waals surface area contributed by atoms with Crippen LogP contribution >= 0.6 is 0 Å². The molecule has 0 fully saturated rings. The number of hydrogen-bond acceptors (Lipinski definition) is 4. The van der Waals surface area contributed by atoms with Gasteiger partial charge in [0.15, 0.2) is 5.84 Å². The first-order chi connectivity index (χ1) is 10.0. The van der Waals surface area contributed by atoms with E-state index in [9.17, 15) is 9.18 Å². The van der Waals surface area contributed by atoms with Gasteiger partial charge in [-0.25, -0.2) is 4.39 Å². The zero-order chi connectivity index (χ0) is 15.4. The molecular formula is C14H13FN4O2. The molecule has 0 aliphatic rings. The fourth-order valence-corrected chi connectivity index (χ4v) is 1.77. The van der Waals surface area contributed by atoms with Crippen LogP contribution in [0.4, 0.5) is 10.1 Å². The minimum absolute atomic E-state index is 0.104. The lowest BCUT2D eigenvalue weighted by molar-refractivity contribution is 0.102. The van der Waals surface area contributed by atoms with Crippen LogP contribution in [0.3, 0.4) is 0 Å². The normalized spacial score (nSPS) is 11.2. The number of aryl methyl sites for hydroxylation is 1. The van der Waals surface area contributed by atoms with Crippen LogP contribution in [-0.2, 0) is 0 Å². The fourth-order valence-electron chi connectivity index (χ4n) is 1.77. The standard InChI is InChI=1S/C14H13FN4O2/c1-8-3-2-6-17-12(8)14(20)18-9-4-5-11(15)10(7-9)13(16)19-21/h2-7,21H,1H3,(H2,16,19)(H,18,20). The molecule has 2 aromatic rings. The molecule has 1 heterocycles. The van der Waals surface area contributed by atoms with Crippen molar-refractivity contribution in [3.8, 4) is 0 Å². The van der Waals surface area contributed by atoms with Crippen LogP contribution in [0.1, 0.15) is 21.6 Å². The Morgan fingerprint density at radius 2 is 2.19 bits per heavy atom. The molecule has 0 aliphatic carbocycles. The van der Waals surface area contributed by atoms with E-state index in [1.807, 2.05) is 0 Å². The number of nitrogens with one attached hydrogen (secondary N) is 1. The second-order valence-corrected chi connectivity index (χ2v) is 4.30. The van der Waals surface area contributed by atoms with Gasteiger partial charge in [0.1, 0.15) is 11.5 Å². The summed E-state index contributed by atoms with van der Waals surface area (Å²) in [5.74, 6) is -1.46. The molecule has 7 heteroatoms. The van der Waals surface area contributed by atoms with Crippen molar-refractivity contribution in [3.63, 3.8) is 0 Å². The number of amidine groups is 1.